The van der Waals surface area contributed by atoms with Gasteiger partial charge in [-0.15, -0.1) is 0 Å². The molecule has 1 rings (SSSR count). The van der Waals surface area contributed by atoms with E-state index in [1.807, 2.05) is 0 Å². The monoisotopic (exact) mass is 227 g/mol. The van der Waals surface area contributed by atoms with E-state index in [9.17, 15) is 0 Å². The molecular weight excluding hydrogens is 206 g/mol. The highest BCUT2D eigenvalue weighted by molar-refractivity contribution is 7.05. The molecule has 1 N–H and O–H groups in total. The molecule has 0 fully saturated rings. The van der Waals surface area contributed by atoms with Gasteiger partial charge in [-0.05, 0) is 30.9 Å². The summed E-state index contributed by atoms with van der Waals surface area (Å²) in [6.45, 7) is 7.54. The quantitative estimate of drug-likeness (QED) is 0.777. The van der Waals surface area contributed by atoms with E-state index in [-0.39, 0.29) is 0 Å². The number of aryl methyl sites for hydroxylation is 1. The summed E-state index contributed by atoms with van der Waals surface area (Å²) in [7, 11) is 0. The van der Waals surface area contributed by atoms with Crippen LogP contribution in [0.1, 0.15) is 44.4 Å². The smallest absolute Gasteiger partial charge is 0.142 e. The molecule has 86 valence electrons. The van der Waals surface area contributed by atoms with Gasteiger partial charge in [-0.1, -0.05) is 20.8 Å². The Balaban J connectivity index is 2.47. The maximum atomic E-state index is 4.54. The summed E-state index contributed by atoms with van der Waals surface area (Å²) in [6, 6.07) is 0.553. The maximum Gasteiger partial charge on any atom is 0.142 e. The molecule has 0 radical (unpaired) electrons. The lowest BCUT2D eigenvalue weighted by molar-refractivity contribution is 0.509. The molecule has 0 aliphatic rings. The topological polar surface area (TPSA) is 37.8 Å². The molecule has 1 atom stereocenters. The Morgan fingerprint density at radius 1 is 1.33 bits per heavy atom. The normalized spacial score (nSPS) is 13.0. The van der Waals surface area contributed by atoms with E-state index in [0.29, 0.717) is 6.04 Å². The second-order valence-corrected chi connectivity index (χ2v) is 4.56. The van der Waals surface area contributed by atoms with Gasteiger partial charge in [-0.25, -0.2) is 4.98 Å². The van der Waals surface area contributed by atoms with Crippen LogP contribution >= 0.6 is 11.5 Å². The van der Waals surface area contributed by atoms with Gasteiger partial charge in [0.2, 0.25) is 0 Å². The number of aromatic nitrogens is 2. The van der Waals surface area contributed by atoms with Crippen LogP contribution < -0.4 is 5.32 Å². The molecule has 3 nitrogen and oxygen atoms in total. The van der Waals surface area contributed by atoms with Gasteiger partial charge >= 0.3 is 0 Å². The molecule has 0 saturated carbocycles. The summed E-state index contributed by atoms with van der Waals surface area (Å²) in [5.74, 6) is 1.02. The van der Waals surface area contributed by atoms with Crippen molar-refractivity contribution in [1.82, 2.24) is 14.7 Å². The van der Waals surface area contributed by atoms with Crippen molar-refractivity contribution >= 4 is 11.5 Å². The summed E-state index contributed by atoms with van der Waals surface area (Å²) in [6.07, 6.45) is 4.30. The van der Waals surface area contributed by atoms with Crippen LogP contribution in [0.4, 0.5) is 0 Å². The van der Waals surface area contributed by atoms with Crippen LogP contribution in [0.5, 0.6) is 0 Å². The third-order valence-corrected chi connectivity index (χ3v) is 3.16. The van der Waals surface area contributed by atoms with Gasteiger partial charge in [0.1, 0.15) is 10.8 Å². The molecule has 0 aliphatic heterocycles. The summed E-state index contributed by atoms with van der Waals surface area (Å²) >= 11 is 1.56. The van der Waals surface area contributed by atoms with Gasteiger partial charge in [0.15, 0.2) is 0 Å². The molecule has 1 aromatic rings. The number of nitrogens with one attached hydrogen (secondary N) is 1. The van der Waals surface area contributed by atoms with Crippen molar-refractivity contribution in [2.24, 2.45) is 0 Å². The number of likely N-dealkylation sites (N-methyl/N-ethyl adjacent to an activating group) is 1. The third-order valence-electron chi connectivity index (χ3n) is 2.39. The first-order chi connectivity index (χ1) is 7.30. The van der Waals surface area contributed by atoms with Gasteiger partial charge in [-0.3, -0.25) is 0 Å². The van der Waals surface area contributed by atoms with Crippen molar-refractivity contribution in [2.45, 2.75) is 52.5 Å². The Bertz CT molecular complexity index is 273. The van der Waals surface area contributed by atoms with Crippen molar-refractivity contribution in [3.8, 4) is 0 Å². The van der Waals surface area contributed by atoms with Crippen LogP contribution in [-0.2, 0) is 12.8 Å². The third kappa shape index (κ3) is 4.26. The van der Waals surface area contributed by atoms with Gasteiger partial charge in [-0.2, -0.15) is 4.37 Å². The molecule has 0 bridgehead atoms. The zero-order chi connectivity index (χ0) is 11.1. The van der Waals surface area contributed by atoms with Crippen LogP contribution in [0.2, 0.25) is 0 Å². The van der Waals surface area contributed by atoms with E-state index < -0.39 is 0 Å². The van der Waals surface area contributed by atoms with Crippen molar-refractivity contribution in [2.75, 3.05) is 6.54 Å². The lowest BCUT2D eigenvalue weighted by atomic mass is 10.1. The van der Waals surface area contributed by atoms with Gasteiger partial charge in [0.25, 0.3) is 0 Å². The van der Waals surface area contributed by atoms with Crippen molar-refractivity contribution in [3.63, 3.8) is 0 Å². The van der Waals surface area contributed by atoms with Crippen molar-refractivity contribution in [1.29, 1.82) is 0 Å². The lowest BCUT2D eigenvalue weighted by Crippen LogP contribution is -2.30. The minimum Gasteiger partial charge on any atom is -0.314 e. The minimum absolute atomic E-state index is 0.553. The van der Waals surface area contributed by atoms with E-state index >= 15 is 0 Å². The van der Waals surface area contributed by atoms with Crippen LogP contribution in [0.15, 0.2) is 0 Å². The predicted octanol–water partition coefficient (Wildman–Crippen LogP) is 2.42. The zero-order valence-electron chi connectivity index (χ0n) is 9.92. The van der Waals surface area contributed by atoms with Crippen LogP contribution in [-0.4, -0.2) is 21.9 Å². The predicted molar refractivity (Wildman–Crippen MR) is 65.4 cm³/mol. The second kappa shape index (κ2) is 6.90. The SMILES string of the molecule is CCCc1nsc(CC(CC)NCC)n1. The van der Waals surface area contributed by atoms with E-state index in [1.165, 1.54) is 5.01 Å². The Morgan fingerprint density at radius 3 is 2.73 bits per heavy atom. The largest absolute Gasteiger partial charge is 0.314 e. The molecule has 1 heterocycles. The first-order valence-corrected chi connectivity index (χ1v) is 6.62. The van der Waals surface area contributed by atoms with Crippen LogP contribution in [0, 0.1) is 0 Å². The number of nitrogens with zero attached hydrogens (tertiary/aromatic N) is 2. The maximum absolute atomic E-state index is 4.54. The molecule has 0 amide bonds. The van der Waals surface area contributed by atoms with Gasteiger partial charge in [0.05, 0.1) is 0 Å². The molecule has 1 aromatic heterocycles. The van der Waals surface area contributed by atoms with E-state index in [0.717, 1.165) is 38.1 Å². The molecule has 0 aliphatic carbocycles. The fraction of sp³-hybridized carbons (Fsp3) is 0.818. The van der Waals surface area contributed by atoms with Gasteiger partial charge in [0, 0.05) is 18.9 Å². The summed E-state index contributed by atoms with van der Waals surface area (Å²) in [5, 5.41) is 4.63. The Hall–Kier alpha value is -0.480. The van der Waals surface area contributed by atoms with Crippen molar-refractivity contribution < 1.29 is 0 Å². The van der Waals surface area contributed by atoms with Crippen LogP contribution in [0.25, 0.3) is 0 Å². The standard InChI is InChI=1S/C11H21N3S/c1-4-7-10-13-11(15-14-10)8-9(5-2)12-6-3/h9,12H,4-8H2,1-3H3. The van der Waals surface area contributed by atoms with E-state index in [4.69, 9.17) is 0 Å². The molecule has 15 heavy (non-hydrogen) atoms. The molecule has 4 heteroatoms. The highest BCUT2D eigenvalue weighted by Gasteiger charge is 2.09. The average molecular weight is 227 g/mol. The Kier molecular flexibility index (Phi) is 5.79. The fourth-order valence-corrected chi connectivity index (χ4v) is 2.32. The summed E-state index contributed by atoms with van der Waals surface area (Å²) in [4.78, 5) is 4.54. The summed E-state index contributed by atoms with van der Waals surface area (Å²) < 4.78 is 4.36. The number of hydrogen-bond donors (Lipinski definition) is 1. The number of hydrogen-bond acceptors (Lipinski definition) is 4. The Morgan fingerprint density at radius 2 is 2.13 bits per heavy atom. The van der Waals surface area contributed by atoms with Crippen LogP contribution in [0.3, 0.4) is 0 Å². The molecule has 0 spiro atoms. The Labute approximate surface area is 96.5 Å². The first kappa shape index (κ1) is 12.6. The average Bonchev–Trinajstić information content (AvgIpc) is 2.66. The first-order valence-electron chi connectivity index (χ1n) is 5.84. The van der Waals surface area contributed by atoms with E-state index in [2.05, 4.69) is 35.4 Å². The molecule has 0 saturated heterocycles. The molecule has 1 unspecified atom stereocenters. The number of rotatable bonds is 7. The van der Waals surface area contributed by atoms with E-state index in [1.54, 1.807) is 11.5 Å². The van der Waals surface area contributed by atoms with Crippen molar-refractivity contribution in [3.05, 3.63) is 10.8 Å². The minimum atomic E-state index is 0.553. The zero-order valence-corrected chi connectivity index (χ0v) is 10.7. The highest BCUT2D eigenvalue weighted by atomic mass is 32.1. The highest BCUT2D eigenvalue weighted by Crippen LogP contribution is 2.10. The molecule has 0 aromatic carbocycles. The van der Waals surface area contributed by atoms with Gasteiger partial charge < -0.3 is 5.32 Å². The lowest BCUT2D eigenvalue weighted by Gasteiger charge is -2.13. The fourth-order valence-electron chi connectivity index (χ4n) is 1.56. The second-order valence-electron chi connectivity index (χ2n) is 3.72. The molecular formula is C11H21N3S. The summed E-state index contributed by atoms with van der Waals surface area (Å²) in [5.41, 5.74) is 0.